The molecule has 1 saturated carbocycles. The van der Waals surface area contributed by atoms with Gasteiger partial charge in [-0.2, -0.15) is 0 Å². The molecular weight excluding hydrogens is 451 g/mol. The van der Waals surface area contributed by atoms with Gasteiger partial charge in [-0.15, -0.1) is 0 Å². The van der Waals surface area contributed by atoms with Crippen LogP contribution in [0.15, 0.2) is 43.0 Å². The van der Waals surface area contributed by atoms with Crippen molar-refractivity contribution >= 4 is 34.4 Å². The first-order valence-electron chi connectivity index (χ1n) is 11.4. The summed E-state index contributed by atoms with van der Waals surface area (Å²) in [5, 5.41) is 9.55. The van der Waals surface area contributed by atoms with Gasteiger partial charge >= 0.3 is 6.03 Å². The zero-order valence-electron chi connectivity index (χ0n) is 19.0. The van der Waals surface area contributed by atoms with Crippen LogP contribution in [0.3, 0.4) is 0 Å². The van der Waals surface area contributed by atoms with Crippen molar-refractivity contribution in [3.63, 3.8) is 0 Å². The SMILES string of the molecule is CNc1cc2nc3c1ncn3C(=O)N[C@@H]1CCC[C@H]1OCc1cc(cc(-c3ncc(F)cn3)c1)N2. The molecule has 1 fully saturated rings. The quantitative estimate of drug-likeness (QED) is 0.401. The Morgan fingerprint density at radius 3 is 2.83 bits per heavy atom. The van der Waals surface area contributed by atoms with E-state index in [2.05, 4.69) is 30.9 Å². The van der Waals surface area contributed by atoms with Crippen molar-refractivity contribution in [2.45, 2.75) is 38.0 Å². The lowest BCUT2D eigenvalue weighted by Gasteiger charge is -2.22. The number of pyridine rings is 1. The van der Waals surface area contributed by atoms with Gasteiger partial charge in [0, 0.05) is 24.4 Å². The van der Waals surface area contributed by atoms with Gasteiger partial charge in [0.15, 0.2) is 17.3 Å². The molecule has 35 heavy (non-hydrogen) atoms. The van der Waals surface area contributed by atoms with Crippen LogP contribution in [0.2, 0.25) is 0 Å². The third-order valence-corrected chi connectivity index (χ3v) is 6.36. The molecule has 4 heterocycles. The normalized spacial score (nSPS) is 19.7. The molecule has 3 aromatic heterocycles. The molecule has 0 radical (unpaired) electrons. The second kappa shape index (κ2) is 8.58. The fourth-order valence-corrected chi connectivity index (χ4v) is 4.70. The number of amides is 1. The Balaban J connectivity index is 1.49. The average Bonchev–Trinajstić information content (AvgIpc) is 3.49. The van der Waals surface area contributed by atoms with Crippen LogP contribution >= 0.6 is 0 Å². The van der Waals surface area contributed by atoms with Gasteiger partial charge in [0.05, 0.1) is 36.8 Å². The Morgan fingerprint density at radius 1 is 1.14 bits per heavy atom. The van der Waals surface area contributed by atoms with E-state index in [1.807, 2.05) is 24.3 Å². The molecule has 1 aliphatic heterocycles. The van der Waals surface area contributed by atoms with E-state index in [9.17, 15) is 9.18 Å². The highest BCUT2D eigenvalue weighted by Gasteiger charge is 2.30. The number of nitrogens with one attached hydrogen (secondary N) is 3. The van der Waals surface area contributed by atoms with Gasteiger partial charge in [-0.25, -0.2) is 33.7 Å². The van der Waals surface area contributed by atoms with E-state index in [0.717, 1.165) is 54.2 Å². The number of benzene rings is 1. The van der Waals surface area contributed by atoms with Gasteiger partial charge in [0.2, 0.25) is 0 Å². The van der Waals surface area contributed by atoms with Crippen molar-refractivity contribution in [1.82, 2.24) is 29.8 Å². The number of nitrogens with zero attached hydrogens (tertiary/aromatic N) is 5. The summed E-state index contributed by atoms with van der Waals surface area (Å²) in [5.74, 6) is 0.432. The van der Waals surface area contributed by atoms with E-state index in [0.29, 0.717) is 29.4 Å². The minimum Gasteiger partial charge on any atom is -0.386 e. The van der Waals surface area contributed by atoms with Gasteiger partial charge in [-0.05, 0) is 43.0 Å². The summed E-state index contributed by atoms with van der Waals surface area (Å²) >= 11 is 0. The van der Waals surface area contributed by atoms with Gasteiger partial charge < -0.3 is 20.7 Å². The predicted molar refractivity (Wildman–Crippen MR) is 128 cm³/mol. The van der Waals surface area contributed by atoms with Crippen LogP contribution in [0.5, 0.6) is 0 Å². The lowest BCUT2D eigenvalue weighted by Crippen LogP contribution is -2.43. The van der Waals surface area contributed by atoms with Gasteiger partial charge in [0.1, 0.15) is 17.7 Å². The summed E-state index contributed by atoms with van der Waals surface area (Å²) in [4.78, 5) is 30.5. The van der Waals surface area contributed by atoms with Gasteiger partial charge in [-0.3, -0.25) is 0 Å². The molecule has 2 aliphatic rings. The first-order valence-corrected chi connectivity index (χ1v) is 11.4. The average molecular weight is 475 g/mol. The molecule has 178 valence electrons. The maximum Gasteiger partial charge on any atom is 0.328 e. The van der Waals surface area contributed by atoms with Crippen LogP contribution in [-0.4, -0.2) is 49.7 Å². The largest absolute Gasteiger partial charge is 0.386 e. The fourth-order valence-electron chi connectivity index (χ4n) is 4.70. The van der Waals surface area contributed by atoms with Crippen molar-refractivity contribution < 1.29 is 13.9 Å². The molecule has 1 aliphatic carbocycles. The molecule has 4 aromatic rings. The monoisotopic (exact) mass is 474 g/mol. The standard InChI is InChI=1S/C24H23FN8O2/c1-26-18-8-20-30-16-6-13(5-14(7-16)22-27-9-15(25)10-28-22)11-35-19-4-2-3-17(19)31-24(34)33-12-29-21(18)23(33)32-20/h5-10,12,17,19H,2-4,11H2,1H3,(H,31,34)(H2,26,30,32)/t17-,19-/m1/s1. The number of carbonyl (C=O) groups excluding carboxylic acids is 1. The fraction of sp³-hybridized carbons (Fsp3) is 0.292. The van der Waals surface area contributed by atoms with Crippen LogP contribution in [0.25, 0.3) is 22.6 Å². The minimum atomic E-state index is -0.496. The topological polar surface area (TPSA) is 119 Å². The highest BCUT2D eigenvalue weighted by molar-refractivity contribution is 5.94. The molecule has 11 heteroatoms. The molecule has 6 rings (SSSR count). The molecule has 0 saturated heterocycles. The van der Waals surface area contributed by atoms with Crippen molar-refractivity contribution in [2.24, 2.45) is 0 Å². The Kier molecular flexibility index (Phi) is 5.25. The zero-order valence-corrected chi connectivity index (χ0v) is 19.0. The van der Waals surface area contributed by atoms with Crippen LogP contribution in [0.1, 0.15) is 24.8 Å². The number of fused-ring (bicyclic) bond motifs is 4. The number of aromatic nitrogens is 5. The van der Waals surface area contributed by atoms with E-state index in [1.54, 1.807) is 7.05 Å². The Bertz CT molecular complexity index is 1420. The van der Waals surface area contributed by atoms with Crippen molar-refractivity contribution in [2.75, 3.05) is 17.7 Å². The van der Waals surface area contributed by atoms with Crippen molar-refractivity contribution in [3.8, 4) is 11.4 Å². The number of hydrogen-bond acceptors (Lipinski definition) is 8. The number of rotatable bonds is 2. The Morgan fingerprint density at radius 2 is 2.00 bits per heavy atom. The summed E-state index contributed by atoms with van der Waals surface area (Å²) < 4.78 is 21.1. The summed E-state index contributed by atoms with van der Waals surface area (Å²) in [6, 6.07) is 7.20. The molecule has 2 atom stereocenters. The Hall–Kier alpha value is -4.12. The number of halogens is 1. The third kappa shape index (κ3) is 4.03. The number of imidazole rings is 1. The van der Waals surface area contributed by atoms with E-state index in [-0.39, 0.29) is 18.2 Å². The Labute approximate surface area is 200 Å². The molecule has 4 bridgehead atoms. The number of carbonyl (C=O) groups is 1. The number of hydrogen-bond donors (Lipinski definition) is 3. The number of ether oxygens (including phenoxy) is 1. The van der Waals surface area contributed by atoms with Gasteiger partial charge in [-0.1, -0.05) is 0 Å². The lowest BCUT2D eigenvalue weighted by molar-refractivity contribution is 0.0302. The predicted octanol–water partition coefficient (Wildman–Crippen LogP) is 3.82. The summed E-state index contributed by atoms with van der Waals surface area (Å²) in [5.41, 5.74) is 4.11. The first kappa shape index (κ1) is 21.4. The third-order valence-electron chi connectivity index (χ3n) is 6.36. The molecule has 3 N–H and O–H groups in total. The van der Waals surface area contributed by atoms with E-state index >= 15 is 0 Å². The minimum absolute atomic E-state index is 0.115. The number of anilines is 3. The highest BCUT2D eigenvalue weighted by atomic mass is 19.1. The highest BCUT2D eigenvalue weighted by Crippen LogP contribution is 2.30. The van der Waals surface area contributed by atoms with Crippen molar-refractivity contribution in [3.05, 3.63) is 54.4 Å². The van der Waals surface area contributed by atoms with E-state index in [4.69, 9.17) is 9.72 Å². The first-order chi connectivity index (χ1) is 17.1. The van der Waals surface area contributed by atoms with Gasteiger partial charge in [0.25, 0.3) is 0 Å². The second-order valence-electron chi connectivity index (χ2n) is 8.70. The molecule has 1 amide bonds. The van der Waals surface area contributed by atoms with Crippen LogP contribution in [0.4, 0.5) is 26.4 Å². The molecular formula is C24H23FN8O2. The van der Waals surface area contributed by atoms with E-state index < -0.39 is 5.82 Å². The maximum atomic E-state index is 13.4. The van der Waals surface area contributed by atoms with Crippen molar-refractivity contribution in [1.29, 1.82) is 0 Å². The smallest absolute Gasteiger partial charge is 0.328 e. The molecule has 0 spiro atoms. The molecule has 0 unspecified atom stereocenters. The molecule has 1 aromatic carbocycles. The second-order valence-corrected chi connectivity index (χ2v) is 8.70. The summed E-state index contributed by atoms with van der Waals surface area (Å²) in [6.45, 7) is 0.339. The summed E-state index contributed by atoms with van der Waals surface area (Å²) in [6.07, 6.45) is 6.31. The van der Waals surface area contributed by atoms with E-state index in [1.165, 1.54) is 10.9 Å². The maximum absolute atomic E-state index is 13.4. The zero-order chi connectivity index (χ0) is 23.9. The van der Waals surface area contributed by atoms with Crippen LogP contribution < -0.4 is 16.0 Å². The molecule has 10 nitrogen and oxygen atoms in total. The van der Waals surface area contributed by atoms with Crippen LogP contribution in [0, 0.1) is 5.82 Å². The van der Waals surface area contributed by atoms with Crippen LogP contribution in [-0.2, 0) is 11.3 Å². The lowest BCUT2D eigenvalue weighted by atomic mass is 10.1. The summed E-state index contributed by atoms with van der Waals surface area (Å²) in [7, 11) is 1.79.